The molecule has 0 saturated carbocycles. The maximum absolute atomic E-state index is 13.2. The van der Waals surface area contributed by atoms with Crippen LogP contribution in [0.5, 0.6) is 11.5 Å². The molecular weight excluding hydrogens is 568 g/mol. The third kappa shape index (κ3) is 6.46. The van der Waals surface area contributed by atoms with Gasteiger partial charge < -0.3 is 8.92 Å². The average molecular weight is 589 g/mol. The minimum Gasteiger partial charge on any atom is -0.489 e. The highest BCUT2D eigenvalue weighted by molar-refractivity contribution is 7.87. The first-order valence-corrected chi connectivity index (χ1v) is 14.0. The number of ether oxygens (including phenoxy) is 1. The van der Waals surface area contributed by atoms with Gasteiger partial charge in [0.15, 0.2) is 0 Å². The van der Waals surface area contributed by atoms with Crippen LogP contribution in [0.3, 0.4) is 0 Å². The van der Waals surface area contributed by atoms with E-state index in [0.29, 0.717) is 22.9 Å². The van der Waals surface area contributed by atoms with Gasteiger partial charge in [-0.15, -0.1) is 0 Å². The number of barbiturate groups is 1. The lowest BCUT2D eigenvalue weighted by molar-refractivity contribution is -0.122. The van der Waals surface area contributed by atoms with Gasteiger partial charge in [0, 0.05) is 5.02 Å². The van der Waals surface area contributed by atoms with E-state index >= 15 is 0 Å². The zero-order chi connectivity index (χ0) is 29.0. The van der Waals surface area contributed by atoms with E-state index in [1.54, 1.807) is 24.3 Å². The van der Waals surface area contributed by atoms with Crippen LogP contribution in [0.2, 0.25) is 5.02 Å². The molecular formula is C30H21ClN2O7S. The average Bonchev–Trinajstić information content (AvgIpc) is 2.96. The second-order valence-electron chi connectivity index (χ2n) is 8.79. The number of nitrogens with one attached hydrogen (secondary N) is 1. The first-order valence-electron chi connectivity index (χ1n) is 12.2. The predicted octanol–water partition coefficient (Wildman–Crippen LogP) is 5.35. The number of benzene rings is 4. The summed E-state index contributed by atoms with van der Waals surface area (Å²) in [6.45, 7) is 0.349. The number of hydrogen-bond acceptors (Lipinski definition) is 7. The van der Waals surface area contributed by atoms with Crippen molar-refractivity contribution in [1.82, 2.24) is 5.32 Å². The molecule has 1 aliphatic rings. The van der Waals surface area contributed by atoms with Gasteiger partial charge in [0.1, 0.15) is 28.6 Å². The fraction of sp³-hybridized carbons (Fsp3) is 0.0333. The second-order valence-corrected chi connectivity index (χ2v) is 10.8. The van der Waals surface area contributed by atoms with Crippen LogP contribution in [0.15, 0.2) is 114 Å². The quantitative estimate of drug-likeness (QED) is 0.167. The van der Waals surface area contributed by atoms with Crippen molar-refractivity contribution in [2.45, 2.75) is 11.5 Å². The van der Waals surface area contributed by atoms with Crippen molar-refractivity contribution in [1.29, 1.82) is 0 Å². The molecule has 4 aromatic carbocycles. The van der Waals surface area contributed by atoms with Crippen LogP contribution in [0.25, 0.3) is 6.08 Å². The van der Waals surface area contributed by atoms with Crippen molar-refractivity contribution >= 4 is 51.3 Å². The van der Waals surface area contributed by atoms with Crippen LogP contribution in [-0.2, 0) is 26.3 Å². The topological polar surface area (TPSA) is 119 Å². The monoisotopic (exact) mass is 588 g/mol. The molecule has 0 aliphatic carbocycles. The van der Waals surface area contributed by atoms with Gasteiger partial charge in [-0.3, -0.25) is 14.9 Å². The van der Waals surface area contributed by atoms with E-state index in [4.69, 9.17) is 20.5 Å². The maximum Gasteiger partial charge on any atom is 0.339 e. The Bertz CT molecular complexity index is 1740. The summed E-state index contributed by atoms with van der Waals surface area (Å²) in [5.74, 6) is -1.12. The van der Waals surface area contributed by atoms with Gasteiger partial charge in [-0.1, -0.05) is 54.1 Å². The summed E-state index contributed by atoms with van der Waals surface area (Å²) in [5, 5.41) is 2.55. The number of carbonyl (C=O) groups excluding carboxylic acids is 3. The fourth-order valence-corrected chi connectivity index (χ4v) is 4.94. The Kier molecular flexibility index (Phi) is 7.86. The molecule has 0 radical (unpaired) electrons. The van der Waals surface area contributed by atoms with Gasteiger partial charge in [0.25, 0.3) is 11.8 Å². The molecule has 0 atom stereocenters. The molecule has 0 spiro atoms. The van der Waals surface area contributed by atoms with E-state index in [-0.39, 0.29) is 21.9 Å². The Morgan fingerprint density at radius 3 is 2.07 bits per heavy atom. The third-order valence-corrected chi connectivity index (χ3v) is 7.46. The number of anilines is 1. The standard InChI is InChI=1S/C30H21ClN2O7S/c31-22-8-16-26(17-9-22)41(37,38)40-25-12-6-20(7-13-25)18-27-28(34)32-30(36)33(29(27)35)23-10-14-24(15-11-23)39-19-21-4-2-1-3-5-21/h1-18H,19H2,(H,32,34,36)/b27-18+. The highest BCUT2D eigenvalue weighted by atomic mass is 35.5. The van der Waals surface area contributed by atoms with E-state index in [1.807, 2.05) is 30.3 Å². The first kappa shape index (κ1) is 27.6. The van der Waals surface area contributed by atoms with E-state index in [0.717, 1.165) is 10.5 Å². The number of carbonyl (C=O) groups is 3. The van der Waals surface area contributed by atoms with Gasteiger partial charge in [-0.2, -0.15) is 8.42 Å². The normalized spacial score (nSPS) is 14.6. The Balaban J connectivity index is 1.30. The largest absolute Gasteiger partial charge is 0.489 e. The van der Waals surface area contributed by atoms with Crippen molar-refractivity contribution < 1.29 is 31.7 Å². The Hall–Kier alpha value is -4.93. The van der Waals surface area contributed by atoms with Crippen molar-refractivity contribution in [3.63, 3.8) is 0 Å². The molecule has 1 heterocycles. The zero-order valence-corrected chi connectivity index (χ0v) is 22.8. The summed E-state index contributed by atoms with van der Waals surface area (Å²) in [4.78, 5) is 39.1. The van der Waals surface area contributed by atoms with Crippen molar-refractivity contribution in [2.75, 3.05) is 4.90 Å². The van der Waals surface area contributed by atoms with Crippen LogP contribution in [-0.4, -0.2) is 26.3 Å². The highest BCUT2D eigenvalue weighted by Gasteiger charge is 2.36. The smallest absolute Gasteiger partial charge is 0.339 e. The molecule has 1 aliphatic heterocycles. The van der Waals surface area contributed by atoms with Crippen LogP contribution < -0.4 is 19.1 Å². The molecule has 0 unspecified atom stereocenters. The van der Waals surface area contributed by atoms with Gasteiger partial charge in [0.2, 0.25) is 0 Å². The fourth-order valence-electron chi connectivity index (χ4n) is 3.89. The molecule has 1 saturated heterocycles. The number of urea groups is 1. The van der Waals surface area contributed by atoms with Crippen LogP contribution in [0.1, 0.15) is 11.1 Å². The van der Waals surface area contributed by atoms with Crippen molar-refractivity contribution in [3.05, 3.63) is 125 Å². The third-order valence-electron chi connectivity index (χ3n) is 5.94. The number of imide groups is 2. The van der Waals surface area contributed by atoms with E-state index in [2.05, 4.69) is 5.32 Å². The Labute approximate surface area is 240 Å². The number of nitrogens with zero attached hydrogens (tertiary/aromatic N) is 1. The first-order chi connectivity index (χ1) is 19.7. The summed E-state index contributed by atoms with van der Waals surface area (Å²) in [6, 6.07) is 26.2. The molecule has 1 fully saturated rings. The Morgan fingerprint density at radius 2 is 1.41 bits per heavy atom. The lowest BCUT2D eigenvalue weighted by Gasteiger charge is -2.26. The number of hydrogen-bond donors (Lipinski definition) is 1. The molecule has 4 amide bonds. The summed E-state index contributed by atoms with van der Waals surface area (Å²) in [7, 11) is -4.10. The Morgan fingerprint density at radius 1 is 0.780 bits per heavy atom. The molecule has 0 bridgehead atoms. The number of amides is 4. The summed E-state index contributed by atoms with van der Waals surface area (Å²) in [5.41, 5.74) is 1.35. The van der Waals surface area contributed by atoms with Crippen LogP contribution >= 0.6 is 11.6 Å². The minimum absolute atomic E-state index is 0.0212. The van der Waals surface area contributed by atoms with Gasteiger partial charge in [-0.25, -0.2) is 9.69 Å². The zero-order valence-electron chi connectivity index (χ0n) is 21.2. The molecule has 5 rings (SSSR count). The lowest BCUT2D eigenvalue weighted by Crippen LogP contribution is -2.54. The molecule has 11 heteroatoms. The molecule has 9 nitrogen and oxygen atoms in total. The SMILES string of the molecule is O=C1NC(=O)N(c2ccc(OCc3ccccc3)cc2)C(=O)/C1=C/c1ccc(OS(=O)(=O)c2ccc(Cl)cc2)cc1. The number of halogens is 1. The second kappa shape index (κ2) is 11.7. The van der Waals surface area contributed by atoms with Gasteiger partial charge >= 0.3 is 16.1 Å². The van der Waals surface area contributed by atoms with Crippen LogP contribution in [0.4, 0.5) is 10.5 Å². The van der Waals surface area contributed by atoms with E-state index in [9.17, 15) is 22.8 Å². The summed E-state index contributed by atoms with van der Waals surface area (Å²) < 4.78 is 35.9. The minimum atomic E-state index is -4.10. The predicted molar refractivity (Wildman–Crippen MR) is 152 cm³/mol. The van der Waals surface area contributed by atoms with E-state index in [1.165, 1.54) is 54.6 Å². The van der Waals surface area contributed by atoms with Gasteiger partial charge in [-0.05, 0) is 77.9 Å². The van der Waals surface area contributed by atoms with E-state index < -0.39 is 28.0 Å². The summed E-state index contributed by atoms with van der Waals surface area (Å²) >= 11 is 5.81. The maximum atomic E-state index is 13.2. The lowest BCUT2D eigenvalue weighted by atomic mass is 10.1. The molecule has 4 aromatic rings. The highest BCUT2D eigenvalue weighted by Crippen LogP contribution is 2.26. The van der Waals surface area contributed by atoms with Crippen LogP contribution in [0, 0.1) is 0 Å². The summed E-state index contributed by atoms with van der Waals surface area (Å²) in [6.07, 6.45) is 1.30. The molecule has 0 aromatic heterocycles. The molecule has 1 N–H and O–H groups in total. The molecule has 206 valence electrons. The molecule has 41 heavy (non-hydrogen) atoms. The number of rotatable bonds is 8. The van der Waals surface area contributed by atoms with Crippen molar-refractivity contribution in [3.8, 4) is 11.5 Å². The van der Waals surface area contributed by atoms with Gasteiger partial charge in [0.05, 0.1) is 5.69 Å². The van der Waals surface area contributed by atoms with Crippen molar-refractivity contribution in [2.24, 2.45) is 0 Å².